The van der Waals surface area contributed by atoms with Gasteiger partial charge in [-0.25, -0.2) is 0 Å². The van der Waals surface area contributed by atoms with Gasteiger partial charge in [-0.2, -0.15) is 5.26 Å². The normalized spacial score (nSPS) is 26.0. The summed E-state index contributed by atoms with van der Waals surface area (Å²) in [5, 5.41) is 8.29. The number of aliphatic imine (C=N–C) groups is 1. The van der Waals surface area contributed by atoms with E-state index in [4.69, 9.17) is 5.26 Å². The summed E-state index contributed by atoms with van der Waals surface area (Å²) >= 11 is 0. The topological polar surface area (TPSA) is 39.4 Å². The van der Waals surface area contributed by atoms with Gasteiger partial charge in [0.2, 0.25) is 0 Å². The zero-order valence-corrected chi connectivity index (χ0v) is 4.70. The Kier molecular flexibility index (Phi) is 1.17. The van der Waals surface area contributed by atoms with Gasteiger partial charge in [-0.3, -0.25) is 4.99 Å². The van der Waals surface area contributed by atoms with Crippen molar-refractivity contribution in [3.05, 3.63) is 0 Å². The summed E-state index contributed by atoms with van der Waals surface area (Å²) in [4.78, 5) is 5.77. The molecule has 0 spiro atoms. The minimum atomic E-state index is -0.125. The molecule has 1 heterocycles. The Morgan fingerprint density at radius 1 is 2.00 bits per heavy atom. The molecule has 1 aliphatic rings. The van der Waals surface area contributed by atoms with Crippen LogP contribution < -0.4 is 0 Å². The van der Waals surface area contributed by atoms with Crippen molar-refractivity contribution in [2.45, 2.75) is 6.04 Å². The van der Waals surface area contributed by atoms with Crippen LogP contribution in [0.25, 0.3) is 0 Å². The molecule has 0 radical (unpaired) electrons. The molecule has 3 heteroatoms. The van der Waals surface area contributed by atoms with E-state index in [2.05, 4.69) is 11.1 Å². The Morgan fingerprint density at radius 2 is 2.75 bits per heavy atom. The van der Waals surface area contributed by atoms with Crippen LogP contribution in [0.5, 0.6) is 0 Å². The number of likely N-dealkylation sites (N-methyl/N-ethyl adjacent to an activating group) is 1. The van der Waals surface area contributed by atoms with E-state index in [0.717, 1.165) is 6.54 Å². The van der Waals surface area contributed by atoms with Crippen LogP contribution in [0.2, 0.25) is 0 Å². The highest BCUT2D eigenvalue weighted by molar-refractivity contribution is 5.58. The van der Waals surface area contributed by atoms with Crippen LogP contribution in [0.4, 0.5) is 0 Å². The van der Waals surface area contributed by atoms with Crippen LogP contribution in [0.15, 0.2) is 4.99 Å². The first-order chi connectivity index (χ1) is 3.83. The summed E-state index contributed by atoms with van der Waals surface area (Å²) in [7, 11) is 1.90. The molecule has 1 atom stereocenters. The van der Waals surface area contributed by atoms with Gasteiger partial charge in [-0.15, -0.1) is 0 Å². The molecule has 42 valence electrons. The molecule has 0 fully saturated rings. The molecule has 0 aromatic heterocycles. The van der Waals surface area contributed by atoms with Crippen LogP contribution in [0.1, 0.15) is 0 Å². The van der Waals surface area contributed by atoms with E-state index in [9.17, 15) is 0 Å². The van der Waals surface area contributed by atoms with Crippen LogP contribution in [-0.2, 0) is 0 Å². The highest BCUT2D eigenvalue weighted by Gasteiger charge is 2.11. The van der Waals surface area contributed by atoms with Crippen molar-refractivity contribution in [1.82, 2.24) is 4.90 Å². The van der Waals surface area contributed by atoms with Crippen molar-refractivity contribution in [2.75, 3.05) is 13.6 Å². The molecular weight excluding hydrogens is 102 g/mol. The number of nitrogens with zero attached hydrogens (tertiary/aromatic N) is 3. The molecule has 0 aliphatic carbocycles. The van der Waals surface area contributed by atoms with Gasteiger partial charge in [0.15, 0.2) is 6.04 Å². The van der Waals surface area contributed by atoms with Gasteiger partial charge in [0, 0.05) is 7.05 Å². The average Bonchev–Trinajstić information content (AvgIpc) is 2.14. The molecule has 1 unspecified atom stereocenters. The second-order valence-electron chi connectivity index (χ2n) is 1.85. The molecule has 0 saturated heterocycles. The van der Waals surface area contributed by atoms with Gasteiger partial charge in [-0.05, 0) is 0 Å². The number of rotatable bonds is 0. The largest absolute Gasteiger partial charge is 0.363 e. The Balaban J connectivity index is 2.49. The number of hydrogen-bond acceptors (Lipinski definition) is 3. The van der Waals surface area contributed by atoms with Crippen molar-refractivity contribution in [3.8, 4) is 6.07 Å². The highest BCUT2D eigenvalue weighted by atomic mass is 15.2. The maximum atomic E-state index is 8.29. The molecule has 0 bridgehead atoms. The zero-order chi connectivity index (χ0) is 5.98. The lowest BCUT2D eigenvalue weighted by molar-refractivity contribution is 0.542. The Morgan fingerprint density at radius 3 is 3.00 bits per heavy atom. The minimum absolute atomic E-state index is 0.125. The molecule has 0 aromatic carbocycles. The van der Waals surface area contributed by atoms with Crippen LogP contribution in [0.3, 0.4) is 0 Å². The maximum Gasteiger partial charge on any atom is 0.155 e. The van der Waals surface area contributed by atoms with E-state index < -0.39 is 0 Å². The third-order valence-corrected chi connectivity index (χ3v) is 1.05. The molecule has 0 aromatic rings. The quantitative estimate of drug-likeness (QED) is 0.434. The Bertz CT molecular complexity index is 144. The summed E-state index contributed by atoms with van der Waals surface area (Å²) in [5.41, 5.74) is 0. The zero-order valence-electron chi connectivity index (χ0n) is 4.70. The van der Waals surface area contributed by atoms with E-state index >= 15 is 0 Å². The third-order valence-electron chi connectivity index (χ3n) is 1.05. The van der Waals surface area contributed by atoms with Crippen molar-refractivity contribution >= 4 is 6.34 Å². The van der Waals surface area contributed by atoms with Gasteiger partial charge in [-0.1, -0.05) is 0 Å². The lowest BCUT2D eigenvalue weighted by Gasteiger charge is -2.02. The van der Waals surface area contributed by atoms with Crippen molar-refractivity contribution in [3.63, 3.8) is 0 Å². The SMILES string of the molecule is CN1C=NC(C#N)C1. The monoisotopic (exact) mass is 109 g/mol. The first kappa shape index (κ1) is 5.10. The van der Waals surface area contributed by atoms with E-state index in [-0.39, 0.29) is 6.04 Å². The molecular formula is C5H7N3. The predicted octanol–water partition coefficient (Wildman–Crippen LogP) is -0.148. The predicted molar refractivity (Wildman–Crippen MR) is 30.5 cm³/mol. The van der Waals surface area contributed by atoms with Gasteiger partial charge in [0.05, 0.1) is 19.0 Å². The lowest BCUT2D eigenvalue weighted by Crippen LogP contribution is -2.16. The van der Waals surface area contributed by atoms with Gasteiger partial charge in [0.1, 0.15) is 0 Å². The molecule has 3 nitrogen and oxygen atoms in total. The van der Waals surface area contributed by atoms with Gasteiger partial charge < -0.3 is 4.90 Å². The Labute approximate surface area is 48.2 Å². The highest BCUT2D eigenvalue weighted by Crippen LogP contribution is 1.97. The number of nitriles is 1. The fourth-order valence-electron chi connectivity index (χ4n) is 0.636. The van der Waals surface area contributed by atoms with E-state index in [1.165, 1.54) is 0 Å². The molecule has 0 N–H and O–H groups in total. The molecule has 0 saturated carbocycles. The van der Waals surface area contributed by atoms with E-state index in [1.807, 2.05) is 11.9 Å². The summed E-state index contributed by atoms with van der Waals surface area (Å²) in [6, 6.07) is 1.93. The Hall–Kier alpha value is -1.04. The van der Waals surface area contributed by atoms with E-state index in [0.29, 0.717) is 0 Å². The second kappa shape index (κ2) is 1.83. The molecule has 8 heavy (non-hydrogen) atoms. The summed E-state index contributed by atoms with van der Waals surface area (Å²) < 4.78 is 0. The van der Waals surface area contributed by atoms with Crippen LogP contribution in [-0.4, -0.2) is 30.9 Å². The third kappa shape index (κ3) is 0.784. The maximum absolute atomic E-state index is 8.29. The summed E-state index contributed by atoms with van der Waals surface area (Å²) in [6.45, 7) is 0.747. The fourth-order valence-corrected chi connectivity index (χ4v) is 0.636. The van der Waals surface area contributed by atoms with Crippen molar-refractivity contribution in [2.24, 2.45) is 4.99 Å². The minimum Gasteiger partial charge on any atom is -0.363 e. The molecule has 1 rings (SSSR count). The van der Waals surface area contributed by atoms with E-state index in [1.54, 1.807) is 6.34 Å². The van der Waals surface area contributed by atoms with Gasteiger partial charge in [0.25, 0.3) is 0 Å². The average molecular weight is 109 g/mol. The van der Waals surface area contributed by atoms with Crippen LogP contribution >= 0.6 is 0 Å². The molecule has 1 aliphatic heterocycles. The smallest absolute Gasteiger partial charge is 0.155 e. The lowest BCUT2D eigenvalue weighted by atomic mass is 10.4. The molecule has 0 amide bonds. The van der Waals surface area contributed by atoms with Gasteiger partial charge >= 0.3 is 0 Å². The van der Waals surface area contributed by atoms with Crippen LogP contribution in [0, 0.1) is 11.3 Å². The fraction of sp³-hybridized carbons (Fsp3) is 0.600. The van der Waals surface area contributed by atoms with Crippen molar-refractivity contribution < 1.29 is 0 Å². The summed E-state index contributed by atoms with van der Waals surface area (Å²) in [5.74, 6) is 0. The first-order valence-corrected chi connectivity index (χ1v) is 2.46. The standard InChI is InChI=1S/C5H7N3/c1-8-3-5(2-6)7-4-8/h4-5H,3H2,1H3. The number of hydrogen-bond donors (Lipinski definition) is 0. The second-order valence-corrected chi connectivity index (χ2v) is 1.85. The van der Waals surface area contributed by atoms with Crippen molar-refractivity contribution in [1.29, 1.82) is 5.26 Å². The first-order valence-electron chi connectivity index (χ1n) is 2.46. The summed E-state index contributed by atoms with van der Waals surface area (Å²) in [6.07, 6.45) is 1.69.